The number of rotatable bonds is 4. The van der Waals surface area contributed by atoms with Gasteiger partial charge < -0.3 is 4.90 Å². The molecule has 0 aliphatic rings. The van der Waals surface area contributed by atoms with Gasteiger partial charge in [-0.25, -0.2) is 0 Å². The minimum Gasteiger partial charge on any atom is -0.338 e. The van der Waals surface area contributed by atoms with E-state index in [1.165, 1.54) is 5.39 Å². The maximum Gasteiger partial charge on any atom is 0.246 e. The van der Waals surface area contributed by atoms with E-state index in [4.69, 9.17) is 0 Å². The first-order valence-corrected chi connectivity index (χ1v) is 7.69. The number of benzene rings is 3. The molecule has 0 atom stereocenters. The molecule has 0 saturated carbocycles. The summed E-state index contributed by atoms with van der Waals surface area (Å²) in [5.41, 5.74) is 2.19. The predicted molar refractivity (Wildman–Crippen MR) is 95.9 cm³/mol. The van der Waals surface area contributed by atoms with Crippen LogP contribution >= 0.6 is 0 Å². The lowest BCUT2D eigenvalue weighted by Crippen LogP contribution is -2.24. The molecule has 3 aromatic carbocycles. The van der Waals surface area contributed by atoms with Gasteiger partial charge in [-0.1, -0.05) is 72.8 Å². The summed E-state index contributed by atoms with van der Waals surface area (Å²) in [5, 5.41) is 2.34. The van der Waals surface area contributed by atoms with Gasteiger partial charge in [-0.3, -0.25) is 4.79 Å². The Morgan fingerprint density at radius 1 is 0.913 bits per heavy atom. The van der Waals surface area contributed by atoms with Crippen LogP contribution in [0.1, 0.15) is 11.1 Å². The molecule has 0 unspecified atom stereocenters. The molecule has 3 rings (SSSR count). The van der Waals surface area contributed by atoms with Gasteiger partial charge >= 0.3 is 0 Å². The van der Waals surface area contributed by atoms with Crippen LogP contribution in [-0.2, 0) is 11.3 Å². The van der Waals surface area contributed by atoms with Crippen molar-refractivity contribution in [2.75, 3.05) is 7.05 Å². The van der Waals surface area contributed by atoms with Gasteiger partial charge in [0.15, 0.2) is 0 Å². The summed E-state index contributed by atoms with van der Waals surface area (Å²) < 4.78 is 0. The molecule has 0 spiro atoms. The van der Waals surface area contributed by atoms with E-state index in [-0.39, 0.29) is 5.91 Å². The van der Waals surface area contributed by atoms with E-state index in [0.717, 1.165) is 16.5 Å². The zero-order valence-corrected chi connectivity index (χ0v) is 13.1. The summed E-state index contributed by atoms with van der Waals surface area (Å²) in [5.74, 6) is 0.00165. The Balaban J connectivity index is 1.75. The molecule has 0 fully saturated rings. The molecular formula is C21H19NO. The molecule has 0 saturated heterocycles. The maximum absolute atomic E-state index is 12.3. The average molecular weight is 301 g/mol. The molecule has 2 heteroatoms. The molecular weight excluding hydrogens is 282 g/mol. The van der Waals surface area contributed by atoms with Gasteiger partial charge in [-0.15, -0.1) is 0 Å². The van der Waals surface area contributed by atoms with Crippen LogP contribution in [0.15, 0.2) is 78.9 Å². The quantitative estimate of drug-likeness (QED) is 0.649. The summed E-state index contributed by atoms with van der Waals surface area (Å²) in [4.78, 5) is 14.0. The van der Waals surface area contributed by atoms with E-state index in [2.05, 4.69) is 18.2 Å². The first-order valence-electron chi connectivity index (χ1n) is 7.69. The van der Waals surface area contributed by atoms with Gasteiger partial charge in [0.05, 0.1) is 0 Å². The Hall–Kier alpha value is -2.87. The van der Waals surface area contributed by atoms with Crippen molar-refractivity contribution in [3.05, 3.63) is 90.0 Å². The molecule has 0 aromatic heterocycles. The van der Waals surface area contributed by atoms with E-state index in [1.54, 1.807) is 11.0 Å². The lowest BCUT2D eigenvalue weighted by molar-refractivity contribution is -0.125. The highest BCUT2D eigenvalue weighted by atomic mass is 16.2. The molecule has 2 nitrogen and oxygen atoms in total. The second kappa shape index (κ2) is 6.93. The Morgan fingerprint density at radius 3 is 2.43 bits per heavy atom. The van der Waals surface area contributed by atoms with E-state index >= 15 is 0 Å². The highest BCUT2D eigenvalue weighted by molar-refractivity contribution is 5.96. The second-order valence-electron chi connectivity index (χ2n) is 5.58. The Labute approximate surface area is 136 Å². The minimum atomic E-state index is 0.00165. The SMILES string of the molecule is CN(Cc1ccccc1)C(=O)C=Cc1cccc2ccccc12. The van der Waals surface area contributed by atoms with E-state index in [1.807, 2.05) is 67.7 Å². The fraction of sp³-hybridized carbons (Fsp3) is 0.0952. The topological polar surface area (TPSA) is 20.3 Å². The third-order valence-corrected chi connectivity index (χ3v) is 3.87. The lowest BCUT2D eigenvalue weighted by Gasteiger charge is -2.15. The van der Waals surface area contributed by atoms with Crippen molar-refractivity contribution in [1.82, 2.24) is 4.90 Å². The third-order valence-electron chi connectivity index (χ3n) is 3.87. The van der Waals surface area contributed by atoms with Crippen LogP contribution in [0.2, 0.25) is 0 Å². The van der Waals surface area contributed by atoms with Crippen LogP contribution in [0, 0.1) is 0 Å². The monoisotopic (exact) mass is 301 g/mol. The highest BCUT2D eigenvalue weighted by Gasteiger charge is 2.05. The van der Waals surface area contributed by atoms with Gasteiger partial charge in [-0.2, -0.15) is 0 Å². The molecule has 23 heavy (non-hydrogen) atoms. The maximum atomic E-state index is 12.3. The number of carbonyl (C=O) groups excluding carboxylic acids is 1. The van der Waals surface area contributed by atoms with Gasteiger partial charge in [0, 0.05) is 19.7 Å². The molecule has 0 heterocycles. The summed E-state index contributed by atoms with van der Waals surface area (Å²) in [6.07, 6.45) is 3.54. The average Bonchev–Trinajstić information content (AvgIpc) is 2.60. The van der Waals surface area contributed by atoms with Crippen molar-refractivity contribution in [3.8, 4) is 0 Å². The Morgan fingerprint density at radius 2 is 1.61 bits per heavy atom. The largest absolute Gasteiger partial charge is 0.338 e. The number of hydrogen-bond acceptors (Lipinski definition) is 1. The van der Waals surface area contributed by atoms with Crippen LogP contribution in [0.5, 0.6) is 0 Å². The lowest BCUT2D eigenvalue weighted by atomic mass is 10.0. The van der Waals surface area contributed by atoms with Crippen LogP contribution in [-0.4, -0.2) is 17.9 Å². The molecule has 0 aliphatic carbocycles. The Kier molecular flexibility index (Phi) is 4.53. The third kappa shape index (κ3) is 3.67. The molecule has 0 radical (unpaired) electrons. The van der Waals surface area contributed by atoms with Crippen LogP contribution < -0.4 is 0 Å². The molecule has 3 aromatic rings. The first kappa shape index (κ1) is 15.0. The van der Waals surface area contributed by atoms with Crippen LogP contribution in [0.4, 0.5) is 0 Å². The summed E-state index contributed by atoms with van der Waals surface area (Å²) >= 11 is 0. The minimum absolute atomic E-state index is 0.00165. The molecule has 114 valence electrons. The van der Waals surface area contributed by atoms with Crippen molar-refractivity contribution in [2.24, 2.45) is 0 Å². The number of fused-ring (bicyclic) bond motifs is 1. The Bertz CT molecular complexity index is 831. The number of nitrogens with zero attached hydrogens (tertiary/aromatic N) is 1. The van der Waals surface area contributed by atoms with Crippen LogP contribution in [0.25, 0.3) is 16.8 Å². The zero-order valence-electron chi connectivity index (χ0n) is 13.1. The molecule has 0 bridgehead atoms. The number of carbonyl (C=O) groups is 1. The second-order valence-corrected chi connectivity index (χ2v) is 5.58. The van der Waals surface area contributed by atoms with E-state index in [9.17, 15) is 4.79 Å². The fourth-order valence-electron chi connectivity index (χ4n) is 2.62. The normalized spacial score (nSPS) is 11.0. The van der Waals surface area contributed by atoms with Crippen LogP contribution in [0.3, 0.4) is 0 Å². The van der Waals surface area contributed by atoms with Crippen molar-refractivity contribution >= 4 is 22.8 Å². The standard InChI is InChI=1S/C21H19NO/c1-22(16-17-8-3-2-4-9-17)21(23)15-14-19-12-7-11-18-10-5-6-13-20(18)19/h2-15H,16H2,1H3. The molecule has 0 N–H and O–H groups in total. The summed E-state index contributed by atoms with van der Waals surface area (Å²) in [7, 11) is 1.82. The fourth-order valence-corrected chi connectivity index (χ4v) is 2.62. The van der Waals surface area contributed by atoms with Gasteiger partial charge in [0.1, 0.15) is 0 Å². The van der Waals surface area contributed by atoms with Crippen molar-refractivity contribution < 1.29 is 4.79 Å². The zero-order chi connectivity index (χ0) is 16.1. The summed E-state index contributed by atoms with van der Waals surface area (Å²) in [6.45, 7) is 0.611. The van der Waals surface area contributed by atoms with E-state index < -0.39 is 0 Å². The number of hydrogen-bond donors (Lipinski definition) is 0. The summed E-state index contributed by atoms with van der Waals surface area (Å²) in [6, 6.07) is 24.3. The van der Waals surface area contributed by atoms with E-state index in [0.29, 0.717) is 6.54 Å². The van der Waals surface area contributed by atoms with Gasteiger partial charge in [0.25, 0.3) is 0 Å². The smallest absolute Gasteiger partial charge is 0.246 e. The predicted octanol–water partition coefficient (Wildman–Crippen LogP) is 4.51. The van der Waals surface area contributed by atoms with Gasteiger partial charge in [-0.05, 0) is 28.0 Å². The van der Waals surface area contributed by atoms with Gasteiger partial charge in [0.2, 0.25) is 5.91 Å². The van der Waals surface area contributed by atoms with Crippen molar-refractivity contribution in [2.45, 2.75) is 6.54 Å². The molecule has 0 aliphatic heterocycles. The first-order chi connectivity index (χ1) is 11.2. The highest BCUT2D eigenvalue weighted by Crippen LogP contribution is 2.19. The molecule has 1 amide bonds. The van der Waals surface area contributed by atoms with Crippen molar-refractivity contribution in [1.29, 1.82) is 0 Å². The van der Waals surface area contributed by atoms with Crippen molar-refractivity contribution in [3.63, 3.8) is 0 Å². The number of amides is 1. The number of likely N-dealkylation sites (N-methyl/N-ethyl adjacent to an activating group) is 1.